The molecule has 5 atom stereocenters. The number of carbonyl (C=O) groups is 4. The molecule has 0 bridgehead atoms. The van der Waals surface area contributed by atoms with Gasteiger partial charge in [0.15, 0.2) is 5.13 Å². The Morgan fingerprint density at radius 3 is 2.34 bits per heavy atom. The third-order valence-electron chi connectivity index (χ3n) is 8.63. The van der Waals surface area contributed by atoms with E-state index in [-0.39, 0.29) is 48.7 Å². The smallest absolute Gasteiger partial charge is 0.318 e. The lowest BCUT2D eigenvalue weighted by atomic mass is 10.0. The molecule has 2 aromatic carbocycles. The molecule has 47 heavy (non-hydrogen) atoms. The number of methoxy groups -OCH3 is 1. The van der Waals surface area contributed by atoms with Gasteiger partial charge >= 0.3 is 6.03 Å². The number of morpholine rings is 1. The second-order valence-corrected chi connectivity index (χ2v) is 13.3. The second-order valence-electron chi connectivity index (χ2n) is 12.4. The number of benzene rings is 2. The lowest BCUT2D eigenvalue weighted by Crippen LogP contribution is -2.55. The second kappa shape index (κ2) is 14.2. The number of thiazole rings is 1. The van der Waals surface area contributed by atoms with Crippen LogP contribution in [0.3, 0.4) is 0 Å². The van der Waals surface area contributed by atoms with E-state index in [2.05, 4.69) is 20.9 Å². The molecular weight excluding hydrogens is 620 g/mol. The third kappa shape index (κ3) is 7.80. The van der Waals surface area contributed by atoms with Crippen LogP contribution in [0.15, 0.2) is 60.0 Å². The maximum atomic E-state index is 14.2. The van der Waals surface area contributed by atoms with Crippen molar-refractivity contribution in [1.82, 2.24) is 25.4 Å². The molecule has 3 heterocycles. The van der Waals surface area contributed by atoms with E-state index < -0.39 is 18.0 Å². The van der Waals surface area contributed by atoms with E-state index in [1.165, 1.54) is 16.2 Å². The molecule has 12 nitrogen and oxygen atoms in total. The first-order chi connectivity index (χ1) is 22.7. The Morgan fingerprint density at radius 2 is 1.68 bits per heavy atom. The Kier molecular flexibility index (Phi) is 9.85. The minimum Gasteiger partial charge on any atom is -0.380 e. The number of amides is 5. The fourth-order valence-electron chi connectivity index (χ4n) is 6.06. The number of aromatic nitrogens is 1. The van der Waals surface area contributed by atoms with Crippen molar-refractivity contribution in [1.29, 1.82) is 0 Å². The predicted octanol–water partition coefficient (Wildman–Crippen LogP) is 3.82. The summed E-state index contributed by atoms with van der Waals surface area (Å²) in [7, 11) is 1.55. The van der Waals surface area contributed by atoms with Gasteiger partial charge < -0.3 is 35.2 Å². The topological polar surface area (TPSA) is 142 Å². The van der Waals surface area contributed by atoms with Gasteiger partial charge in [0, 0.05) is 55.7 Å². The van der Waals surface area contributed by atoms with Gasteiger partial charge in [0.1, 0.15) is 12.1 Å². The SMILES string of the molecule is COC1CC(C(=O)Nc2nc(-c3ccc(C(=O)NC4CC4)cc3)cs2)N(C(=O)C(NC(=O)N2CC(C)OC(C)C2)c2ccccc2)C1. The van der Waals surface area contributed by atoms with Gasteiger partial charge in [-0.25, -0.2) is 9.78 Å². The quantitative estimate of drug-likeness (QED) is 0.317. The van der Waals surface area contributed by atoms with Crippen molar-refractivity contribution < 1.29 is 28.7 Å². The van der Waals surface area contributed by atoms with Crippen LogP contribution < -0.4 is 16.0 Å². The van der Waals surface area contributed by atoms with Gasteiger partial charge in [0.2, 0.25) is 5.91 Å². The number of hydrogen-bond donors (Lipinski definition) is 3. The van der Waals surface area contributed by atoms with E-state index in [1.54, 1.807) is 36.3 Å². The summed E-state index contributed by atoms with van der Waals surface area (Å²) in [6.07, 6.45) is 1.72. The third-order valence-corrected chi connectivity index (χ3v) is 9.38. The van der Waals surface area contributed by atoms with Crippen LogP contribution in [0, 0.1) is 0 Å². The number of urea groups is 1. The van der Waals surface area contributed by atoms with Crippen LogP contribution in [-0.2, 0) is 19.1 Å². The molecule has 2 aliphatic heterocycles. The Morgan fingerprint density at radius 1 is 0.979 bits per heavy atom. The summed E-state index contributed by atoms with van der Waals surface area (Å²) in [5, 5.41) is 11.0. The minimum atomic E-state index is -1.01. The Labute approximate surface area is 277 Å². The lowest BCUT2D eigenvalue weighted by molar-refractivity contribution is -0.138. The van der Waals surface area contributed by atoms with Crippen molar-refractivity contribution >= 4 is 40.2 Å². The van der Waals surface area contributed by atoms with Crippen molar-refractivity contribution in [2.24, 2.45) is 0 Å². The molecular formula is C34H40N6O6S. The maximum absolute atomic E-state index is 14.2. The van der Waals surface area contributed by atoms with Crippen molar-refractivity contribution in [2.45, 2.75) is 69.5 Å². The molecule has 3 aromatic rings. The standard InChI is InChI=1S/C34H40N6O6S/c1-20-16-39(17-21(2)46-20)34(44)37-29(23-7-5-4-6-8-23)32(43)40-18-26(45-3)15-28(40)31(42)38-33-36-27(19-47-33)22-9-11-24(12-10-22)30(41)35-25-13-14-25/h4-12,19-21,25-26,28-29H,13-18H2,1-3H3,(H,35,41)(H,37,44)(H,36,38,42). The summed E-state index contributed by atoms with van der Waals surface area (Å²) < 4.78 is 11.4. The highest BCUT2D eigenvalue weighted by atomic mass is 32.1. The molecule has 2 saturated heterocycles. The van der Waals surface area contributed by atoms with Crippen LogP contribution in [0.25, 0.3) is 11.3 Å². The van der Waals surface area contributed by atoms with Crippen molar-refractivity contribution in [2.75, 3.05) is 32.1 Å². The molecule has 248 valence electrons. The highest BCUT2D eigenvalue weighted by Gasteiger charge is 2.43. The summed E-state index contributed by atoms with van der Waals surface area (Å²) in [5.41, 5.74) is 2.67. The number of ether oxygens (including phenoxy) is 2. The fourth-order valence-corrected chi connectivity index (χ4v) is 6.78. The highest BCUT2D eigenvalue weighted by molar-refractivity contribution is 7.14. The number of nitrogens with zero attached hydrogens (tertiary/aromatic N) is 3. The Hall–Kier alpha value is -4.33. The molecule has 0 spiro atoms. The Bertz CT molecular complexity index is 1590. The zero-order valence-corrected chi connectivity index (χ0v) is 27.5. The molecule has 3 aliphatic rings. The fraction of sp³-hybridized carbons (Fsp3) is 0.441. The summed E-state index contributed by atoms with van der Waals surface area (Å²) in [4.78, 5) is 61.5. The first-order valence-corrected chi connectivity index (χ1v) is 16.8. The lowest BCUT2D eigenvalue weighted by Gasteiger charge is -2.36. The van der Waals surface area contributed by atoms with Gasteiger partial charge in [-0.05, 0) is 44.4 Å². The van der Waals surface area contributed by atoms with Crippen molar-refractivity contribution in [3.05, 3.63) is 71.1 Å². The molecule has 5 unspecified atom stereocenters. The molecule has 6 rings (SSSR count). The van der Waals surface area contributed by atoms with Crippen LogP contribution in [0.1, 0.15) is 55.1 Å². The van der Waals surface area contributed by atoms with Crippen LogP contribution in [0.2, 0.25) is 0 Å². The van der Waals surface area contributed by atoms with Gasteiger partial charge in [0.05, 0.1) is 24.0 Å². The normalized spacial score (nSPS) is 23.2. The number of carbonyl (C=O) groups excluding carboxylic acids is 4. The van der Waals surface area contributed by atoms with E-state index >= 15 is 0 Å². The van der Waals surface area contributed by atoms with E-state index in [0.29, 0.717) is 41.5 Å². The summed E-state index contributed by atoms with van der Waals surface area (Å²) in [6, 6.07) is 14.3. The average molecular weight is 661 g/mol. The summed E-state index contributed by atoms with van der Waals surface area (Å²) in [6.45, 7) is 4.82. The predicted molar refractivity (Wildman–Crippen MR) is 177 cm³/mol. The average Bonchev–Trinajstić information content (AvgIpc) is 3.57. The van der Waals surface area contributed by atoms with Crippen LogP contribution in [0.5, 0.6) is 0 Å². The van der Waals surface area contributed by atoms with Gasteiger partial charge in [-0.2, -0.15) is 0 Å². The molecule has 3 fully saturated rings. The number of nitrogens with one attached hydrogen (secondary N) is 3. The number of rotatable bonds is 9. The van der Waals surface area contributed by atoms with Gasteiger partial charge in [-0.15, -0.1) is 11.3 Å². The zero-order valence-electron chi connectivity index (χ0n) is 26.7. The summed E-state index contributed by atoms with van der Waals surface area (Å²) in [5.74, 6) is -0.876. The van der Waals surface area contributed by atoms with Gasteiger partial charge in [0.25, 0.3) is 11.8 Å². The number of hydrogen-bond acceptors (Lipinski definition) is 8. The monoisotopic (exact) mass is 660 g/mol. The molecule has 1 aromatic heterocycles. The van der Waals surface area contributed by atoms with E-state index in [1.807, 2.05) is 49.6 Å². The minimum absolute atomic E-state index is 0.0883. The van der Waals surface area contributed by atoms with Gasteiger partial charge in [-0.1, -0.05) is 42.5 Å². The first-order valence-electron chi connectivity index (χ1n) is 15.9. The largest absolute Gasteiger partial charge is 0.380 e. The van der Waals surface area contributed by atoms with Gasteiger partial charge in [-0.3, -0.25) is 14.4 Å². The van der Waals surface area contributed by atoms with E-state index in [9.17, 15) is 19.2 Å². The molecule has 0 radical (unpaired) electrons. The van der Waals surface area contributed by atoms with Crippen molar-refractivity contribution in [3.63, 3.8) is 0 Å². The number of likely N-dealkylation sites (tertiary alicyclic amines) is 1. The van der Waals surface area contributed by atoms with Crippen LogP contribution in [0.4, 0.5) is 9.93 Å². The zero-order chi connectivity index (χ0) is 33.1. The number of anilines is 1. The summed E-state index contributed by atoms with van der Waals surface area (Å²) >= 11 is 1.27. The van der Waals surface area contributed by atoms with Crippen LogP contribution in [-0.4, -0.2) is 95.7 Å². The molecule has 3 N–H and O–H groups in total. The van der Waals surface area contributed by atoms with Crippen LogP contribution >= 0.6 is 11.3 Å². The maximum Gasteiger partial charge on any atom is 0.318 e. The Balaban J connectivity index is 1.16. The highest BCUT2D eigenvalue weighted by Crippen LogP contribution is 2.29. The van der Waals surface area contributed by atoms with E-state index in [4.69, 9.17) is 9.47 Å². The molecule has 13 heteroatoms. The van der Waals surface area contributed by atoms with Crippen molar-refractivity contribution in [3.8, 4) is 11.3 Å². The first kappa shape index (κ1) is 32.6. The van der Waals surface area contributed by atoms with E-state index in [0.717, 1.165) is 18.4 Å². The molecule has 1 saturated carbocycles. The molecule has 1 aliphatic carbocycles. The molecule has 5 amide bonds.